The number of hydrogen-bond donors (Lipinski definition) is 1. The third-order valence-electron chi connectivity index (χ3n) is 3.41. The summed E-state index contributed by atoms with van der Waals surface area (Å²) in [6.45, 7) is 6.76. The average Bonchev–Trinajstić information content (AvgIpc) is 2.73. The minimum atomic E-state index is 0.785. The topological polar surface area (TPSA) is 28.4 Å². The zero-order valence-corrected chi connectivity index (χ0v) is 12.9. The Bertz CT molecular complexity index is 543. The summed E-state index contributed by atoms with van der Waals surface area (Å²) >= 11 is 0. The van der Waals surface area contributed by atoms with E-state index in [0.717, 1.165) is 31.2 Å². The first kappa shape index (κ1) is 14.8. The van der Waals surface area contributed by atoms with E-state index < -0.39 is 0 Å². The molecule has 108 valence electrons. The lowest BCUT2D eigenvalue weighted by molar-refractivity contribution is 0.283. The smallest absolute Gasteiger partial charge is 0.120 e. The molecule has 0 fully saturated rings. The van der Waals surface area contributed by atoms with Crippen molar-refractivity contribution < 1.29 is 4.42 Å². The van der Waals surface area contributed by atoms with E-state index in [2.05, 4.69) is 61.4 Å². The van der Waals surface area contributed by atoms with E-state index >= 15 is 0 Å². The summed E-state index contributed by atoms with van der Waals surface area (Å²) in [5, 5.41) is 3.13. The van der Waals surface area contributed by atoms with Gasteiger partial charge in [-0.05, 0) is 45.1 Å². The van der Waals surface area contributed by atoms with Crippen molar-refractivity contribution in [1.29, 1.82) is 0 Å². The number of aryl methyl sites for hydroxylation is 2. The van der Waals surface area contributed by atoms with Gasteiger partial charge < -0.3 is 9.73 Å². The highest BCUT2D eigenvalue weighted by Gasteiger charge is 2.09. The molecule has 1 N–H and O–H groups in total. The molecule has 0 saturated carbocycles. The number of hydrogen-bond acceptors (Lipinski definition) is 3. The van der Waals surface area contributed by atoms with Crippen LogP contribution in [0.2, 0.25) is 0 Å². The maximum atomic E-state index is 5.88. The standard InChI is InChI=1S/C17H24N2O/c1-13-5-7-15(8-6-13)11-19(4)12-16-9-14(2)17(20-16)10-18-3/h5-9,18H,10-12H2,1-4H3. The van der Waals surface area contributed by atoms with Crippen molar-refractivity contribution in [2.45, 2.75) is 33.5 Å². The van der Waals surface area contributed by atoms with Gasteiger partial charge in [-0.1, -0.05) is 29.8 Å². The molecule has 0 unspecified atom stereocenters. The summed E-state index contributed by atoms with van der Waals surface area (Å²) in [4.78, 5) is 2.27. The number of nitrogens with one attached hydrogen (secondary N) is 1. The zero-order chi connectivity index (χ0) is 14.5. The van der Waals surface area contributed by atoms with Crippen molar-refractivity contribution in [3.8, 4) is 0 Å². The maximum absolute atomic E-state index is 5.88. The molecule has 0 bridgehead atoms. The Morgan fingerprint density at radius 1 is 1.10 bits per heavy atom. The van der Waals surface area contributed by atoms with Gasteiger partial charge in [0.25, 0.3) is 0 Å². The highest BCUT2D eigenvalue weighted by Crippen LogP contribution is 2.17. The molecule has 0 atom stereocenters. The zero-order valence-electron chi connectivity index (χ0n) is 12.9. The second-order valence-corrected chi connectivity index (χ2v) is 5.51. The van der Waals surface area contributed by atoms with E-state index in [0.29, 0.717) is 0 Å². The molecule has 0 amide bonds. The summed E-state index contributed by atoms with van der Waals surface area (Å²) in [5.74, 6) is 2.06. The lowest BCUT2D eigenvalue weighted by atomic mass is 10.1. The summed E-state index contributed by atoms with van der Waals surface area (Å²) < 4.78 is 5.88. The Kier molecular flexibility index (Phi) is 4.99. The minimum absolute atomic E-state index is 0.785. The van der Waals surface area contributed by atoms with E-state index in [-0.39, 0.29) is 0 Å². The number of benzene rings is 1. The molecule has 20 heavy (non-hydrogen) atoms. The van der Waals surface area contributed by atoms with Gasteiger partial charge in [0.15, 0.2) is 0 Å². The first-order chi connectivity index (χ1) is 9.58. The lowest BCUT2D eigenvalue weighted by Crippen LogP contribution is -2.16. The first-order valence-corrected chi connectivity index (χ1v) is 7.05. The van der Waals surface area contributed by atoms with Crippen molar-refractivity contribution >= 4 is 0 Å². The molecule has 0 aliphatic heterocycles. The average molecular weight is 272 g/mol. The summed E-state index contributed by atoms with van der Waals surface area (Å²) in [6.07, 6.45) is 0. The lowest BCUT2D eigenvalue weighted by Gasteiger charge is -2.15. The van der Waals surface area contributed by atoms with Crippen LogP contribution in [0, 0.1) is 13.8 Å². The molecule has 3 heteroatoms. The van der Waals surface area contributed by atoms with Crippen LogP contribution < -0.4 is 5.32 Å². The monoisotopic (exact) mass is 272 g/mol. The molecular formula is C17H24N2O. The fraction of sp³-hybridized carbons (Fsp3) is 0.412. The van der Waals surface area contributed by atoms with E-state index in [1.165, 1.54) is 16.7 Å². The third-order valence-corrected chi connectivity index (χ3v) is 3.41. The molecular weight excluding hydrogens is 248 g/mol. The molecule has 0 aliphatic carbocycles. The number of furan rings is 1. The summed E-state index contributed by atoms with van der Waals surface area (Å²) in [5.41, 5.74) is 3.85. The molecule has 0 aliphatic rings. The van der Waals surface area contributed by atoms with Gasteiger partial charge in [0, 0.05) is 6.54 Å². The van der Waals surface area contributed by atoms with Gasteiger partial charge in [-0.15, -0.1) is 0 Å². The summed E-state index contributed by atoms with van der Waals surface area (Å²) in [7, 11) is 4.06. The van der Waals surface area contributed by atoms with Crippen LogP contribution in [-0.4, -0.2) is 19.0 Å². The molecule has 1 aromatic carbocycles. The van der Waals surface area contributed by atoms with Crippen molar-refractivity contribution in [1.82, 2.24) is 10.2 Å². The Balaban J connectivity index is 1.95. The van der Waals surface area contributed by atoms with Crippen LogP contribution in [-0.2, 0) is 19.6 Å². The molecule has 2 rings (SSSR count). The normalized spacial score (nSPS) is 11.2. The van der Waals surface area contributed by atoms with Crippen LogP contribution >= 0.6 is 0 Å². The van der Waals surface area contributed by atoms with Crippen molar-refractivity contribution in [2.75, 3.05) is 14.1 Å². The fourth-order valence-corrected chi connectivity index (χ4v) is 2.33. The quantitative estimate of drug-likeness (QED) is 0.875. The summed E-state index contributed by atoms with van der Waals surface area (Å²) in [6, 6.07) is 10.8. The molecule has 0 radical (unpaired) electrons. The minimum Gasteiger partial charge on any atom is -0.463 e. The maximum Gasteiger partial charge on any atom is 0.120 e. The van der Waals surface area contributed by atoms with Gasteiger partial charge in [0.2, 0.25) is 0 Å². The highest BCUT2D eigenvalue weighted by molar-refractivity contribution is 5.22. The Morgan fingerprint density at radius 2 is 1.80 bits per heavy atom. The number of rotatable bonds is 6. The number of nitrogens with zero attached hydrogens (tertiary/aromatic N) is 1. The van der Waals surface area contributed by atoms with Gasteiger partial charge in [0.05, 0.1) is 13.1 Å². The van der Waals surface area contributed by atoms with E-state index in [1.54, 1.807) is 0 Å². The van der Waals surface area contributed by atoms with E-state index in [4.69, 9.17) is 4.42 Å². The molecule has 1 aromatic heterocycles. The highest BCUT2D eigenvalue weighted by atomic mass is 16.3. The van der Waals surface area contributed by atoms with Crippen LogP contribution in [0.4, 0.5) is 0 Å². The van der Waals surface area contributed by atoms with Crippen molar-refractivity contribution in [2.24, 2.45) is 0 Å². The van der Waals surface area contributed by atoms with Crippen LogP contribution in [0.25, 0.3) is 0 Å². The SMILES string of the molecule is CNCc1oc(CN(C)Cc2ccc(C)cc2)cc1C. The molecule has 0 spiro atoms. The van der Waals surface area contributed by atoms with Gasteiger partial charge in [-0.3, -0.25) is 4.90 Å². The molecule has 2 aromatic rings. The van der Waals surface area contributed by atoms with Crippen LogP contribution in [0.1, 0.15) is 28.2 Å². The van der Waals surface area contributed by atoms with Crippen LogP contribution in [0.3, 0.4) is 0 Å². The second-order valence-electron chi connectivity index (χ2n) is 5.51. The van der Waals surface area contributed by atoms with Gasteiger partial charge in [-0.2, -0.15) is 0 Å². The fourth-order valence-electron chi connectivity index (χ4n) is 2.33. The molecule has 3 nitrogen and oxygen atoms in total. The molecule has 0 saturated heterocycles. The van der Waals surface area contributed by atoms with Crippen molar-refractivity contribution in [3.63, 3.8) is 0 Å². The van der Waals surface area contributed by atoms with Crippen LogP contribution in [0.5, 0.6) is 0 Å². The Hall–Kier alpha value is -1.58. The van der Waals surface area contributed by atoms with Gasteiger partial charge >= 0.3 is 0 Å². The second kappa shape index (κ2) is 6.73. The third kappa shape index (κ3) is 3.95. The predicted octanol–water partition coefficient (Wildman–Crippen LogP) is 3.25. The Morgan fingerprint density at radius 3 is 2.45 bits per heavy atom. The van der Waals surface area contributed by atoms with E-state index in [9.17, 15) is 0 Å². The first-order valence-electron chi connectivity index (χ1n) is 7.05. The predicted molar refractivity (Wildman–Crippen MR) is 82.6 cm³/mol. The van der Waals surface area contributed by atoms with Crippen molar-refractivity contribution in [3.05, 3.63) is 58.5 Å². The van der Waals surface area contributed by atoms with Gasteiger partial charge in [-0.25, -0.2) is 0 Å². The Labute approximate surface area is 121 Å². The largest absolute Gasteiger partial charge is 0.463 e. The van der Waals surface area contributed by atoms with Gasteiger partial charge in [0.1, 0.15) is 11.5 Å². The van der Waals surface area contributed by atoms with Crippen LogP contribution in [0.15, 0.2) is 34.7 Å². The molecule has 1 heterocycles. The van der Waals surface area contributed by atoms with E-state index in [1.807, 2.05) is 7.05 Å².